The SMILES string of the molecule is C[C@@H](OC[C@@]1(c2ccccc2)CCC2(CN1)NC(=O)OC2(C)C)c1cc(C(F)(F)F)cc(C(F)(F)F)c1. The molecule has 0 radical (unpaired) electrons. The van der Waals surface area contributed by atoms with Crippen molar-refractivity contribution in [1.82, 2.24) is 10.6 Å². The molecule has 3 atom stereocenters. The van der Waals surface area contributed by atoms with Crippen molar-refractivity contribution in [2.24, 2.45) is 0 Å². The lowest BCUT2D eigenvalue weighted by molar-refractivity contribution is -0.143. The molecule has 0 aliphatic carbocycles. The van der Waals surface area contributed by atoms with Crippen LogP contribution >= 0.6 is 0 Å². The summed E-state index contributed by atoms with van der Waals surface area (Å²) < 4.78 is 91.4. The van der Waals surface area contributed by atoms with Crippen molar-refractivity contribution in [3.63, 3.8) is 0 Å². The summed E-state index contributed by atoms with van der Waals surface area (Å²) in [7, 11) is 0. The molecule has 2 aromatic carbocycles. The molecule has 1 unspecified atom stereocenters. The first-order valence-electron chi connectivity index (χ1n) is 11.8. The molecule has 1 amide bonds. The number of alkyl halides is 6. The molecule has 11 heteroatoms. The average Bonchev–Trinajstić information content (AvgIpc) is 3.04. The highest BCUT2D eigenvalue weighted by atomic mass is 19.4. The number of alkyl carbamates (subject to hydrolysis) is 1. The number of halogens is 6. The lowest BCUT2D eigenvalue weighted by atomic mass is 9.70. The van der Waals surface area contributed by atoms with Gasteiger partial charge in [0.1, 0.15) is 5.60 Å². The van der Waals surface area contributed by atoms with E-state index < -0.39 is 52.4 Å². The van der Waals surface area contributed by atoms with Crippen molar-refractivity contribution in [3.05, 3.63) is 70.8 Å². The molecule has 2 aliphatic heterocycles. The van der Waals surface area contributed by atoms with Crippen LogP contribution in [0.4, 0.5) is 31.1 Å². The Morgan fingerprint density at radius 1 is 0.973 bits per heavy atom. The Hall–Kier alpha value is -2.79. The maximum Gasteiger partial charge on any atom is 0.416 e. The second-order valence-electron chi connectivity index (χ2n) is 10.2. The summed E-state index contributed by atoms with van der Waals surface area (Å²) in [5, 5.41) is 6.36. The topological polar surface area (TPSA) is 59.6 Å². The van der Waals surface area contributed by atoms with Gasteiger partial charge in [0.05, 0.1) is 34.9 Å². The molecular weight excluding hydrogens is 502 g/mol. The molecule has 4 rings (SSSR count). The fraction of sp³-hybridized carbons (Fsp3) is 0.500. The molecule has 2 fully saturated rings. The number of carbonyl (C=O) groups is 1. The van der Waals surface area contributed by atoms with E-state index >= 15 is 0 Å². The van der Waals surface area contributed by atoms with Gasteiger partial charge in [0, 0.05) is 6.54 Å². The number of hydrogen-bond donors (Lipinski definition) is 2. The molecule has 0 aromatic heterocycles. The van der Waals surface area contributed by atoms with Crippen LogP contribution in [0.2, 0.25) is 0 Å². The predicted molar refractivity (Wildman–Crippen MR) is 123 cm³/mol. The number of cyclic esters (lactones) is 1. The van der Waals surface area contributed by atoms with Crippen LogP contribution in [0.15, 0.2) is 48.5 Å². The van der Waals surface area contributed by atoms with Crippen LogP contribution in [0.5, 0.6) is 0 Å². The molecule has 2 heterocycles. The van der Waals surface area contributed by atoms with Gasteiger partial charge in [0.2, 0.25) is 0 Å². The van der Waals surface area contributed by atoms with Gasteiger partial charge in [-0.15, -0.1) is 0 Å². The van der Waals surface area contributed by atoms with Gasteiger partial charge in [0.15, 0.2) is 0 Å². The van der Waals surface area contributed by atoms with Crippen LogP contribution in [-0.4, -0.2) is 30.4 Å². The molecule has 202 valence electrons. The van der Waals surface area contributed by atoms with Crippen LogP contribution in [-0.2, 0) is 27.4 Å². The maximum atomic E-state index is 13.3. The Bertz CT molecular complexity index is 1110. The zero-order chi connectivity index (χ0) is 27.3. The van der Waals surface area contributed by atoms with E-state index in [0.717, 1.165) is 5.56 Å². The fourth-order valence-corrected chi connectivity index (χ4v) is 5.03. The Morgan fingerprint density at radius 3 is 2.03 bits per heavy atom. The Morgan fingerprint density at radius 2 is 1.57 bits per heavy atom. The van der Waals surface area contributed by atoms with E-state index in [1.807, 2.05) is 44.2 Å². The minimum Gasteiger partial charge on any atom is -0.441 e. The van der Waals surface area contributed by atoms with Gasteiger partial charge in [0.25, 0.3) is 0 Å². The lowest BCUT2D eigenvalue weighted by Gasteiger charge is -2.49. The minimum atomic E-state index is -4.94. The molecule has 37 heavy (non-hydrogen) atoms. The number of carbonyl (C=O) groups excluding carboxylic acids is 1. The molecule has 2 aliphatic rings. The summed E-state index contributed by atoms with van der Waals surface area (Å²) in [6, 6.07) is 10.7. The molecule has 2 N–H and O–H groups in total. The van der Waals surface area contributed by atoms with Gasteiger partial charge in [-0.1, -0.05) is 30.3 Å². The monoisotopic (exact) mass is 530 g/mol. The molecule has 1 spiro atoms. The second-order valence-corrected chi connectivity index (χ2v) is 10.2. The molecule has 0 saturated carbocycles. The van der Waals surface area contributed by atoms with Gasteiger partial charge < -0.3 is 20.1 Å². The van der Waals surface area contributed by atoms with Gasteiger partial charge >= 0.3 is 18.4 Å². The van der Waals surface area contributed by atoms with Crippen molar-refractivity contribution < 1.29 is 40.6 Å². The van der Waals surface area contributed by atoms with Gasteiger partial charge in [-0.25, -0.2) is 4.79 Å². The zero-order valence-corrected chi connectivity index (χ0v) is 20.5. The number of amides is 1. The van der Waals surface area contributed by atoms with Crippen LogP contribution in [0.1, 0.15) is 62.0 Å². The van der Waals surface area contributed by atoms with Crippen molar-refractivity contribution in [3.8, 4) is 0 Å². The van der Waals surface area contributed by atoms with E-state index in [0.29, 0.717) is 31.5 Å². The summed E-state index contributed by atoms with van der Waals surface area (Å²) in [6.07, 6.45) is -10.5. The highest BCUT2D eigenvalue weighted by molar-refractivity contribution is 5.72. The van der Waals surface area contributed by atoms with Crippen molar-refractivity contribution in [1.29, 1.82) is 0 Å². The predicted octanol–water partition coefficient (Wildman–Crippen LogP) is 6.34. The number of piperidine rings is 1. The highest BCUT2D eigenvalue weighted by Crippen LogP contribution is 2.44. The van der Waals surface area contributed by atoms with E-state index in [9.17, 15) is 31.1 Å². The summed E-state index contributed by atoms with van der Waals surface area (Å²) in [5.41, 5.74) is -4.42. The number of hydrogen-bond acceptors (Lipinski definition) is 4. The van der Waals surface area contributed by atoms with Gasteiger partial charge in [-0.05, 0) is 62.9 Å². The summed E-state index contributed by atoms with van der Waals surface area (Å²) in [4.78, 5) is 12.0. The van der Waals surface area contributed by atoms with Gasteiger partial charge in [-0.3, -0.25) is 0 Å². The van der Waals surface area contributed by atoms with E-state index in [1.165, 1.54) is 6.92 Å². The first-order chi connectivity index (χ1) is 17.1. The molecular formula is C26H28F6N2O3. The van der Waals surface area contributed by atoms with E-state index in [4.69, 9.17) is 9.47 Å². The minimum absolute atomic E-state index is 0.0267. The largest absolute Gasteiger partial charge is 0.441 e. The molecule has 2 aromatic rings. The molecule has 0 bridgehead atoms. The third-order valence-corrected chi connectivity index (χ3v) is 7.53. The van der Waals surface area contributed by atoms with E-state index in [2.05, 4.69) is 10.6 Å². The summed E-state index contributed by atoms with van der Waals surface area (Å²) in [5.74, 6) is 0. The summed E-state index contributed by atoms with van der Waals surface area (Å²) in [6.45, 7) is 5.34. The van der Waals surface area contributed by atoms with E-state index in [-0.39, 0.29) is 18.2 Å². The number of ether oxygens (including phenoxy) is 2. The first-order valence-corrected chi connectivity index (χ1v) is 11.8. The second kappa shape index (κ2) is 9.20. The molecule has 5 nitrogen and oxygen atoms in total. The third-order valence-electron chi connectivity index (χ3n) is 7.53. The van der Waals surface area contributed by atoms with Crippen molar-refractivity contribution in [2.75, 3.05) is 13.2 Å². The number of rotatable bonds is 5. The smallest absolute Gasteiger partial charge is 0.416 e. The van der Waals surface area contributed by atoms with Crippen LogP contribution < -0.4 is 10.6 Å². The molecule has 2 saturated heterocycles. The third kappa shape index (κ3) is 5.29. The van der Waals surface area contributed by atoms with Crippen LogP contribution in [0, 0.1) is 0 Å². The standard InChI is InChI=1S/C26H28F6N2O3/c1-16(17-11-19(25(27,28)29)13-20(12-17)26(30,31)32)36-15-23(18-7-5-4-6-8-18)9-10-24(14-33-23)22(2,3)37-21(35)34-24/h4-8,11-13,16,33H,9-10,14-15H2,1-3H3,(H,34,35)/t16-,23-,24?/m1/s1. The van der Waals surface area contributed by atoms with Crippen LogP contribution in [0.3, 0.4) is 0 Å². The van der Waals surface area contributed by atoms with E-state index in [1.54, 1.807) is 0 Å². The quantitative estimate of drug-likeness (QED) is 0.443. The maximum absolute atomic E-state index is 13.3. The van der Waals surface area contributed by atoms with Crippen LogP contribution in [0.25, 0.3) is 0 Å². The Labute approximate surface area is 210 Å². The highest BCUT2D eigenvalue weighted by Gasteiger charge is 2.58. The lowest BCUT2D eigenvalue weighted by Crippen LogP contribution is -2.67. The first kappa shape index (κ1) is 27.3. The zero-order valence-electron chi connectivity index (χ0n) is 20.5. The van der Waals surface area contributed by atoms with Gasteiger partial charge in [-0.2, -0.15) is 26.3 Å². The number of nitrogens with one attached hydrogen (secondary N) is 2. The Kier molecular flexibility index (Phi) is 6.77. The average molecular weight is 531 g/mol. The Balaban J connectivity index is 1.60. The summed E-state index contributed by atoms with van der Waals surface area (Å²) >= 11 is 0. The normalized spacial score (nSPS) is 26.6. The number of benzene rings is 2. The van der Waals surface area contributed by atoms with Crippen molar-refractivity contribution in [2.45, 2.75) is 68.7 Å². The fourth-order valence-electron chi connectivity index (χ4n) is 5.03. The van der Waals surface area contributed by atoms with Crippen molar-refractivity contribution >= 4 is 6.09 Å².